The highest BCUT2D eigenvalue weighted by molar-refractivity contribution is 7.09. The molecule has 4 heteroatoms. The fourth-order valence-corrected chi connectivity index (χ4v) is 3.42. The lowest BCUT2D eigenvalue weighted by Crippen LogP contribution is -2.33. The van der Waals surface area contributed by atoms with E-state index in [0.29, 0.717) is 11.6 Å². The lowest BCUT2D eigenvalue weighted by Gasteiger charge is -2.37. The number of hydrogen-bond acceptors (Lipinski definition) is 4. The summed E-state index contributed by atoms with van der Waals surface area (Å²) < 4.78 is 0. The summed E-state index contributed by atoms with van der Waals surface area (Å²) in [7, 11) is 0. The molecule has 0 saturated heterocycles. The zero-order valence-corrected chi connectivity index (χ0v) is 11.1. The largest absolute Gasteiger partial charge is 0.385 e. The molecule has 0 spiro atoms. The first kappa shape index (κ1) is 12.5. The minimum atomic E-state index is -0.736. The van der Waals surface area contributed by atoms with Crippen LogP contribution in [0, 0.1) is 29.6 Å². The number of nitrogens with zero attached hydrogens (tertiary/aromatic N) is 2. The van der Waals surface area contributed by atoms with Crippen LogP contribution in [0.15, 0.2) is 5.38 Å². The first-order valence-corrected chi connectivity index (χ1v) is 6.97. The number of thiazole rings is 1. The summed E-state index contributed by atoms with van der Waals surface area (Å²) in [5, 5.41) is 22.7. The number of hydrogen-bond donors (Lipinski definition) is 1. The number of aliphatic hydroxyl groups is 1. The van der Waals surface area contributed by atoms with Crippen molar-refractivity contribution in [2.24, 2.45) is 11.3 Å². The zero-order valence-electron chi connectivity index (χ0n) is 10.3. The second kappa shape index (κ2) is 4.75. The van der Waals surface area contributed by atoms with E-state index in [1.54, 1.807) is 0 Å². The minimum absolute atomic E-state index is 0.512. The normalized spacial score (nSPS) is 30.8. The molecule has 1 N–H and O–H groups in total. The van der Waals surface area contributed by atoms with Crippen molar-refractivity contribution in [2.75, 3.05) is 0 Å². The number of rotatable bonds is 2. The lowest BCUT2D eigenvalue weighted by atomic mass is 9.67. The van der Waals surface area contributed by atoms with Gasteiger partial charge in [-0.2, -0.15) is 5.26 Å². The van der Waals surface area contributed by atoms with E-state index in [1.807, 2.05) is 12.3 Å². The molecule has 0 aromatic carbocycles. The van der Waals surface area contributed by atoms with Gasteiger partial charge in [-0.15, -0.1) is 11.3 Å². The molecule has 3 atom stereocenters. The van der Waals surface area contributed by atoms with Crippen LogP contribution < -0.4 is 0 Å². The van der Waals surface area contributed by atoms with Gasteiger partial charge in [-0.3, -0.25) is 0 Å². The molecule has 1 fully saturated rings. The topological polar surface area (TPSA) is 56.9 Å². The fourth-order valence-electron chi connectivity index (χ4n) is 2.79. The van der Waals surface area contributed by atoms with Gasteiger partial charge in [0.15, 0.2) is 0 Å². The van der Waals surface area contributed by atoms with Gasteiger partial charge in [0.1, 0.15) is 6.10 Å². The van der Waals surface area contributed by atoms with Crippen LogP contribution in [0.25, 0.3) is 0 Å². The Morgan fingerprint density at radius 2 is 2.47 bits per heavy atom. The maximum Gasteiger partial charge on any atom is 0.115 e. The van der Waals surface area contributed by atoms with E-state index in [4.69, 9.17) is 0 Å². The van der Waals surface area contributed by atoms with Gasteiger partial charge in [-0.05, 0) is 25.7 Å². The molecule has 1 aromatic rings. The second-order valence-electron chi connectivity index (χ2n) is 5.16. The summed E-state index contributed by atoms with van der Waals surface area (Å²) in [4.78, 5) is 4.32. The Hall–Kier alpha value is -0.920. The van der Waals surface area contributed by atoms with Gasteiger partial charge in [0.2, 0.25) is 0 Å². The van der Waals surface area contributed by atoms with Crippen LogP contribution in [0.5, 0.6) is 0 Å². The molecule has 0 bridgehead atoms. The predicted molar refractivity (Wildman–Crippen MR) is 67.5 cm³/mol. The molecule has 1 aliphatic carbocycles. The molecule has 92 valence electrons. The van der Waals surface area contributed by atoms with E-state index in [0.717, 1.165) is 30.7 Å². The first-order chi connectivity index (χ1) is 8.07. The molecule has 0 aliphatic heterocycles. The van der Waals surface area contributed by atoms with E-state index in [1.165, 1.54) is 11.3 Å². The maximum atomic E-state index is 10.4. The van der Waals surface area contributed by atoms with Gasteiger partial charge in [0, 0.05) is 5.38 Å². The average Bonchev–Trinajstić information content (AvgIpc) is 2.74. The predicted octanol–water partition coefficient (Wildman–Crippen LogP) is 3.21. The highest BCUT2D eigenvalue weighted by Gasteiger charge is 2.43. The van der Waals surface area contributed by atoms with Crippen LogP contribution in [0.1, 0.15) is 49.4 Å². The smallest absolute Gasteiger partial charge is 0.115 e. The molecule has 17 heavy (non-hydrogen) atoms. The Labute approximate surface area is 106 Å². The van der Waals surface area contributed by atoms with Crippen molar-refractivity contribution in [3.8, 4) is 6.07 Å². The third-order valence-corrected chi connectivity index (χ3v) is 4.49. The highest BCUT2D eigenvalue weighted by Crippen LogP contribution is 2.47. The Morgan fingerprint density at radius 1 is 1.71 bits per heavy atom. The van der Waals surface area contributed by atoms with E-state index >= 15 is 0 Å². The molecule has 1 saturated carbocycles. The van der Waals surface area contributed by atoms with E-state index in [-0.39, 0.29) is 0 Å². The van der Waals surface area contributed by atoms with Gasteiger partial charge in [-0.25, -0.2) is 4.98 Å². The molecular formula is C13H18N2OS. The minimum Gasteiger partial charge on any atom is -0.385 e. The van der Waals surface area contributed by atoms with Crippen molar-refractivity contribution in [3.63, 3.8) is 0 Å². The molecule has 3 nitrogen and oxygen atoms in total. The van der Waals surface area contributed by atoms with E-state index in [2.05, 4.69) is 18.0 Å². The molecule has 1 aromatic heterocycles. The summed E-state index contributed by atoms with van der Waals surface area (Å²) in [6, 6.07) is 2.37. The van der Waals surface area contributed by atoms with Crippen LogP contribution in [-0.4, -0.2) is 10.1 Å². The van der Waals surface area contributed by atoms with Crippen molar-refractivity contribution >= 4 is 11.3 Å². The van der Waals surface area contributed by atoms with Crippen molar-refractivity contribution in [2.45, 2.75) is 45.6 Å². The van der Waals surface area contributed by atoms with Gasteiger partial charge in [-0.1, -0.05) is 19.8 Å². The standard InChI is InChI=1S/C13H18N2OS/c1-9-4-3-5-13(6-9,8-14)12(16)11-7-17-10(2)15-11/h7,9,12,16H,3-6H2,1-2H3. The molecule has 2 rings (SSSR count). The first-order valence-electron chi connectivity index (χ1n) is 6.09. The fraction of sp³-hybridized carbons (Fsp3) is 0.692. The van der Waals surface area contributed by atoms with Crippen LogP contribution >= 0.6 is 11.3 Å². The summed E-state index contributed by atoms with van der Waals surface area (Å²) in [6.07, 6.45) is 3.01. The Bertz CT molecular complexity index is 437. The van der Waals surface area contributed by atoms with Gasteiger partial charge >= 0.3 is 0 Å². The Kier molecular flexibility index (Phi) is 3.50. The molecular weight excluding hydrogens is 232 g/mol. The number of aliphatic hydroxyl groups excluding tert-OH is 1. The zero-order chi connectivity index (χ0) is 12.5. The Morgan fingerprint density at radius 3 is 3.00 bits per heavy atom. The molecule has 1 aliphatic rings. The lowest BCUT2D eigenvalue weighted by molar-refractivity contribution is 0.0193. The summed E-state index contributed by atoms with van der Waals surface area (Å²) >= 11 is 1.53. The van der Waals surface area contributed by atoms with Crippen molar-refractivity contribution < 1.29 is 5.11 Å². The van der Waals surface area contributed by atoms with Crippen LogP contribution in [-0.2, 0) is 0 Å². The molecule has 0 radical (unpaired) electrons. The third-order valence-electron chi connectivity index (χ3n) is 3.70. The highest BCUT2D eigenvalue weighted by atomic mass is 32.1. The van der Waals surface area contributed by atoms with E-state index < -0.39 is 11.5 Å². The van der Waals surface area contributed by atoms with Crippen LogP contribution in [0.4, 0.5) is 0 Å². The number of aryl methyl sites for hydroxylation is 1. The summed E-state index contributed by atoms with van der Waals surface area (Å²) in [6.45, 7) is 4.08. The van der Waals surface area contributed by atoms with Crippen LogP contribution in [0.3, 0.4) is 0 Å². The maximum absolute atomic E-state index is 10.4. The molecule has 0 amide bonds. The van der Waals surface area contributed by atoms with Crippen LogP contribution in [0.2, 0.25) is 0 Å². The van der Waals surface area contributed by atoms with Gasteiger partial charge < -0.3 is 5.11 Å². The molecule has 1 heterocycles. The van der Waals surface area contributed by atoms with Crippen molar-refractivity contribution in [3.05, 3.63) is 16.1 Å². The summed E-state index contributed by atoms with van der Waals surface area (Å²) in [5.41, 5.74) is 0.0428. The van der Waals surface area contributed by atoms with E-state index in [9.17, 15) is 10.4 Å². The van der Waals surface area contributed by atoms with Gasteiger partial charge in [0.25, 0.3) is 0 Å². The van der Waals surface area contributed by atoms with Crippen molar-refractivity contribution in [1.29, 1.82) is 5.26 Å². The summed E-state index contributed by atoms with van der Waals surface area (Å²) in [5.74, 6) is 0.512. The third kappa shape index (κ3) is 2.36. The van der Waals surface area contributed by atoms with Gasteiger partial charge in [0.05, 0.1) is 22.2 Å². The average molecular weight is 250 g/mol. The molecule has 3 unspecified atom stereocenters. The quantitative estimate of drug-likeness (QED) is 0.876. The monoisotopic (exact) mass is 250 g/mol. The number of aromatic nitrogens is 1. The van der Waals surface area contributed by atoms with Crippen molar-refractivity contribution in [1.82, 2.24) is 4.98 Å². The second-order valence-corrected chi connectivity index (χ2v) is 6.23. The Balaban J connectivity index is 2.26. The SMILES string of the molecule is Cc1nc(C(O)C2(C#N)CCCC(C)C2)cs1. The number of nitriles is 1.